The quantitative estimate of drug-likeness (QED) is 0.915. The van der Waals surface area contributed by atoms with E-state index in [0.29, 0.717) is 17.4 Å². The average molecular weight is 277 g/mol. The van der Waals surface area contributed by atoms with E-state index in [4.69, 9.17) is 0 Å². The van der Waals surface area contributed by atoms with E-state index in [1.54, 1.807) is 0 Å². The van der Waals surface area contributed by atoms with Gasteiger partial charge in [-0.2, -0.15) is 0 Å². The van der Waals surface area contributed by atoms with Crippen LogP contribution in [-0.4, -0.2) is 53.7 Å². The lowest BCUT2D eigenvalue weighted by molar-refractivity contribution is 0.0696. The lowest BCUT2D eigenvalue weighted by atomic mass is 10.1. The van der Waals surface area contributed by atoms with Crippen LogP contribution in [0.25, 0.3) is 0 Å². The standard InChI is InChI=1S/C15H23N3O2/c1-5-12-9-18(7-6-17(12)4)14-13(15(19)20)10(2)8-11(3)16-14/h8,12H,5-7,9H2,1-4H3,(H,19,20). The van der Waals surface area contributed by atoms with Gasteiger partial charge < -0.3 is 10.0 Å². The third kappa shape index (κ3) is 2.77. The lowest BCUT2D eigenvalue weighted by Gasteiger charge is -2.40. The van der Waals surface area contributed by atoms with E-state index in [-0.39, 0.29) is 0 Å². The van der Waals surface area contributed by atoms with Crippen LogP contribution < -0.4 is 4.90 Å². The molecule has 0 spiro atoms. The smallest absolute Gasteiger partial charge is 0.339 e. The van der Waals surface area contributed by atoms with Crippen molar-refractivity contribution in [3.8, 4) is 0 Å². The highest BCUT2D eigenvalue weighted by Crippen LogP contribution is 2.25. The maximum atomic E-state index is 11.5. The van der Waals surface area contributed by atoms with Gasteiger partial charge in [-0.1, -0.05) is 6.92 Å². The number of aryl methyl sites for hydroxylation is 2. The Hall–Kier alpha value is -1.62. The zero-order valence-corrected chi connectivity index (χ0v) is 12.7. The van der Waals surface area contributed by atoms with Gasteiger partial charge in [0.1, 0.15) is 11.4 Å². The molecule has 5 nitrogen and oxygen atoms in total. The second-order valence-corrected chi connectivity index (χ2v) is 5.57. The van der Waals surface area contributed by atoms with Gasteiger partial charge in [0.25, 0.3) is 0 Å². The number of hydrogen-bond donors (Lipinski definition) is 1. The van der Waals surface area contributed by atoms with Gasteiger partial charge in [-0.05, 0) is 38.9 Å². The minimum absolute atomic E-state index is 0.343. The average Bonchev–Trinajstić information content (AvgIpc) is 2.37. The zero-order valence-electron chi connectivity index (χ0n) is 12.7. The van der Waals surface area contributed by atoms with Crippen molar-refractivity contribution in [1.82, 2.24) is 9.88 Å². The molecule has 2 rings (SSSR count). The molecule has 110 valence electrons. The third-order valence-electron chi connectivity index (χ3n) is 4.09. The van der Waals surface area contributed by atoms with E-state index < -0.39 is 5.97 Å². The summed E-state index contributed by atoms with van der Waals surface area (Å²) in [7, 11) is 2.12. The van der Waals surface area contributed by atoms with Crippen molar-refractivity contribution >= 4 is 11.8 Å². The molecule has 0 aliphatic carbocycles. The molecule has 1 aromatic heterocycles. The topological polar surface area (TPSA) is 56.7 Å². The number of anilines is 1. The number of hydrogen-bond acceptors (Lipinski definition) is 4. The molecule has 1 aliphatic rings. The summed E-state index contributed by atoms with van der Waals surface area (Å²) in [4.78, 5) is 20.5. The highest BCUT2D eigenvalue weighted by molar-refractivity contribution is 5.95. The van der Waals surface area contributed by atoms with Crippen molar-refractivity contribution in [2.45, 2.75) is 33.2 Å². The van der Waals surface area contributed by atoms with Crippen LogP contribution in [0.15, 0.2) is 6.07 Å². The van der Waals surface area contributed by atoms with Crippen molar-refractivity contribution in [2.24, 2.45) is 0 Å². The summed E-state index contributed by atoms with van der Waals surface area (Å²) in [5.74, 6) is -0.265. The number of likely N-dealkylation sites (N-methyl/N-ethyl adjacent to an activating group) is 1. The number of aromatic nitrogens is 1. The molecule has 1 atom stereocenters. The largest absolute Gasteiger partial charge is 0.478 e. The SMILES string of the molecule is CCC1CN(c2nc(C)cc(C)c2C(=O)O)CCN1C. The normalized spacial score (nSPS) is 20.2. The number of pyridine rings is 1. The Labute approximate surface area is 120 Å². The van der Waals surface area contributed by atoms with Crippen LogP contribution in [0, 0.1) is 13.8 Å². The predicted molar refractivity (Wildman–Crippen MR) is 79.6 cm³/mol. The first-order valence-electron chi connectivity index (χ1n) is 7.10. The minimum Gasteiger partial charge on any atom is -0.478 e. The van der Waals surface area contributed by atoms with Gasteiger partial charge in [0.15, 0.2) is 0 Å². The molecule has 0 radical (unpaired) electrons. The Balaban J connectivity index is 2.39. The molecule has 2 heterocycles. The fourth-order valence-corrected chi connectivity index (χ4v) is 2.89. The Morgan fingerprint density at radius 3 is 2.75 bits per heavy atom. The van der Waals surface area contributed by atoms with Crippen molar-refractivity contribution in [2.75, 3.05) is 31.6 Å². The molecular weight excluding hydrogens is 254 g/mol. The van der Waals surface area contributed by atoms with Gasteiger partial charge in [-0.3, -0.25) is 4.90 Å². The van der Waals surface area contributed by atoms with Gasteiger partial charge in [-0.15, -0.1) is 0 Å². The highest BCUT2D eigenvalue weighted by atomic mass is 16.4. The monoisotopic (exact) mass is 277 g/mol. The van der Waals surface area contributed by atoms with Crippen LogP contribution in [0.3, 0.4) is 0 Å². The number of carboxylic acid groups (broad SMARTS) is 1. The first-order chi connectivity index (χ1) is 9.43. The number of aromatic carboxylic acids is 1. The van der Waals surface area contributed by atoms with E-state index in [0.717, 1.165) is 37.3 Å². The Kier molecular flexibility index (Phi) is 4.28. The van der Waals surface area contributed by atoms with Crippen molar-refractivity contribution in [3.63, 3.8) is 0 Å². The van der Waals surface area contributed by atoms with E-state index in [9.17, 15) is 9.90 Å². The van der Waals surface area contributed by atoms with Crippen molar-refractivity contribution in [3.05, 3.63) is 22.9 Å². The van der Waals surface area contributed by atoms with Gasteiger partial charge in [-0.25, -0.2) is 9.78 Å². The molecule has 0 aromatic carbocycles. The van der Waals surface area contributed by atoms with Gasteiger partial charge in [0.2, 0.25) is 0 Å². The molecule has 1 aliphatic heterocycles. The Morgan fingerprint density at radius 1 is 1.45 bits per heavy atom. The zero-order chi connectivity index (χ0) is 14.9. The van der Waals surface area contributed by atoms with Crippen molar-refractivity contribution < 1.29 is 9.90 Å². The lowest BCUT2D eigenvalue weighted by Crippen LogP contribution is -2.51. The second-order valence-electron chi connectivity index (χ2n) is 5.57. The third-order valence-corrected chi connectivity index (χ3v) is 4.09. The molecule has 20 heavy (non-hydrogen) atoms. The Bertz CT molecular complexity index is 516. The fourth-order valence-electron chi connectivity index (χ4n) is 2.89. The number of nitrogens with zero attached hydrogens (tertiary/aromatic N) is 3. The maximum absolute atomic E-state index is 11.5. The highest BCUT2D eigenvalue weighted by Gasteiger charge is 2.27. The number of carboxylic acids is 1. The summed E-state index contributed by atoms with van der Waals surface area (Å²) in [6.45, 7) is 8.51. The first-order valence-corrected chi connectivity index (χ1v) is 7.10. The summed E-state index contributed by atoms with van der Waals surface area (Å²) < 4.78 is 0. The van der Waals surface area contributed by atoms with E-state index in [1.807, 2.05) is 19.9 Å². The summed E-state index contributed by atoms with van der Waals surface area (Å²) in [6, 6.07) is 2.29. The number of carbonyl (C=O) groups is 1. The van der Waals surface area contributed by atoms with E-state index in [1.165, 1.54) is 0 Å². The van der Waals surface area contributed by atoms with Crippen molar-refractivity contribution in [1.29, 1.82) is 0 Å². The summed E-state index contributed by atoms with van der Waals surface area (Å²) in [5, 5.41) is 9.47. The molecule has 0 amide bonds. The minimum atomic E-state index is -0.892. The summed E-state index contributed by atoms with van der Waals surface area (Å²) in [6.07, 6.45) is 1.06. The molecule has 1 saturated heterocycles. The van der Waals surface area contributed by atoms with Crippen LogP contribution in [-0.2, 0) is 0 Å². The maximum Gasteiger partial charge on any atom is 0.339 e. The second kappa shape index (κ2) is 5.79. The Morgan fingerprint density at radius 2 is 2.15 bits per heavy atom. The van der Waals surface area contributed by atoms with Crippen LogP contribution in [0.5, 0.6) is 0 Å². The molecule has 1 aromatic rings. The van der Waals surface area contributed by atoms with Crippen LogP contribution in [0.1, 0.15) is 35.0 Å². The molecule has 1 N–H and O–H groups in total. The molecule has 1 fully saturated rings. The molecule has 0 bridgehead atoms. The molecular formula is C15H23N3O2. The predicted octanol–water partition coefficient (Wildman–Crippen LogP) is 1.93. The van der Waals surface area contributed by atoms with E-state index >= 15 is 0 Å². The van der Waals surface area contributed by atoms with Gasteiger partial charge in [0.05, 0.1) is 0 Å². The van der Waals surface area contributed by atoms with Gasteiger partial charge in [0, 0.05) is 31.4 Å². The molecule has 1 unspecified atom stereocenters. The fraction of sp³-hybridized carbons (Fsp3) is 0.600. The van der Waals surface area contributed by atoms with Gasteiger partial charge >= 0.3 is 5.97 Å². The van der Waals surface area contributed by atoms with Crippen LogP contribution in [0.4, 0.5) is 5.82 Å². The molecule has 0 saturated carbocycles. The molecule has 5 heteroatoms. The van der Waals surface area contributed by atoms with E-state index in [2.05, 4.69) is 28.8 Å². The summed E-state index contributed by atoms with van der Waals surface area (Å²) >= 11 is 0. The van der Waals surface area contributed by atoms with Crippen LogP contribution in [0.2, 0.25) is 0 Å². The number of rotatable bonds is 3. The summed E-state index contributed by atoms with van der Waals surface area (Å²) in [5.41, 5.74) is 2.00. The number of piperazine rings is 1. The first kappa shape index (κ1) is 14.8. The van der Waals surface area contributed by atoms with Crippen LogP contribution >= 0.6 is 0 Å².